The molecule has 0 spiro atoms. The maximum absolute atomic E-state index is 5.40. The Bertz CT molecular complexity index is 248. The number of hydrogen-bond donors (Lipinski definition) is 1. The minimum atomic E-state index is 0.160. The number of nitrogens with zero attached hydrogens (tertiary/aromatic N) is 3. The predicted molar refractivity (Wildman–Crippen MR) is 49.3 cm³/mol. The Morgan fingerprint density at radius 3 is 3.08 bits per heavy atom. The standard InChI is InChI=1S/C8H16N4O/c1-7(13-2)5-12-6-8(3-4-9)10-11-12/h6-7H,3-5,9H2,1-2H3. The monoisotopic (exact) mass is 184 g/mol. The van der Waals surface area contributed by atoms with Crippen LogP contribution in [0.5, 0.6) is 0 Å². The van der Waals surface area contributed by atoms with Gasteiger partial charge >= 0.3 is 0 Å². The van der Waals surface area contributed by atoms with Crippen molar-refractivity contribution in [2.75, 3.05) is 13.7 Å². The highest BCUT2D eigenvalue weighted by Crippen LogP contribution is 1.97. The normalized spacial score (nSPS) is 13.2. The van der Waals surface area contributed by atoms with Crippen molar-refractivity contribution in [1.29, 1.82) is 0 Å². The molecule has 0 bridgehead atoms. The van der Waals surface area contributed by atoms with Gasteiger partial charge in [0.1, 0.15) is 0 Å². The van der Waals surface area contributed by atoms with Gasteiger partial charge in [0, 0.05) is 19.7 Å². The van der Waals surface area contributed by atoms with E-state index in [0.29, 0.717) is 6.54 Å². The molecule has 5 heteroatoms. The predicted octanol–water partition coefficient (Wildman–Crippen LogP) is -0.186. The number of methoxy groups -OCH3 is 1. The molecule has 0 fully saturated rings. The summed E-state index contributed by atoms with van der Waals surface area (Å²) >= 11 is 0. The molecular weight excluding hydrogens is 168 g/mol. The van der Waals surface area contributed by atoms with Crippen molar-refractivity contribution in [3.63, 3.8) is 0 Å². The summed E-state index contributed by atoms with van der Waals surface area (Å²) in [6, 6.07) is 0. The smallest absolute Gasteiger partial charge is 0.0839 e. The molecular formula is C8H16N4O. The third kappa shape index (κ3) is 3.12. The largest absolute Gasteiger partial charge is 0.380 e. The van der Waals surface area contributed by atoms with Crippen LogP contribution in [0.25, 0.3) is 0 Å². The van der Waals surface area contributed by atoms with Gasteiger partial charge in [0.2, 0.25) is 0 Å². The zero-order valence-electron chi connectivity index (χ0n) is 8.10. The number of ether oxygens (including phenoxy) is 1. The van der Waals surface area contributed by atoms with Crippen molar-refractivity contribution in [2.24, 2.45) is 5.73 Å². The minimum Gasteiger partial charge on any atom is -0.380 e. The molecule has 1 atom stereocenters. The topological polar surface area (TPSA) is 66.0 Å². The molecule has 2 N–H and O–H groups in total. The van der Waals surface area contributed by atoms with Crippen LogP contribution in [0.2, 0.25) is 0 Å². The van der Waals surface area contributed by atoms with Crippen LogP contribution in [-0.4, -0.2) is 34.8 Å². The zero-order chi connectivity index (χ0) is 9.68. The van der Waals surface area contributed by atoms with Crippen LogP contribution in [0.15, 0.2) is 6.20 Å². The Kier molecular flexibility index (Phi) is 3.85. The van der Waals surface area contributed by atoms with Gasteiger partial charge in [-0.3, -0.25) is 0 Å². The second-order valence-electron chi connectivity index (χ2n) is 3.02. The van der Waals surface area contributed by atoms with E-state index in [0.717, 1.165) is 18.7 Å². The highest BCUT2D eigenvalue weighted by molar-refractivity contribution is 4.92. The summed E-state index contributed by atoms with van der Waals surface area (Å²) in [5, 5.41) is 7.92. The van der Waals surface area contributed by atoms with E-state index in [9.17, 15) is 0 Å². The van der Waals surface area contributed by atoms with Gasteiger partial charge in [-0.05, 0) is 13.5 Å². The van der Waals surface area contributed by atoms with Crippen LogP contribution < -0.4 is 5.73 Å². The Balaban J connectivity index is 2.48. The van der Waals surface area contributed by atoms with E-state index in [2.05, 4.69) is 10.3 Å². The van der Waals surface area contributed by atoms with Crippen molar-refractivity contribution in [3.05, 3.63) is 11.9 Å². The molecule has 1 unspecified atom stereocenters. The van der Waals surface area contributed by atoms with Crippen molar-refractivity contribution >= 4 is 0 Å². The molecule has 1 aromatic heterocycles. The van der Waals surface area contributed by atoms with Gasteiger partial charge < -0.3 is 10.5 Å². The minimum absolute atomic E-state index is 0.160. The molecule has 1 heterocycles. The molecule has 0 aliphatic carbocycles. The summed E-state index contributed by atoms with van der Waals surface area (Å²) in [5.41, 5.74) is 6.33. The van der Waals surface area contributed by atoms with Crippen LogP contribution in [0.1, 0.15) is 12.6 Å². The van der Waals surface area contributed by atoms with Crippen molar-refractivity contribution in [3.8, 4) is 0 Å². The first kappa shape index (κ1) is 10.1. The summed E-state index contributed by atoms with van der Waals surface area (Å²) < 4.78 is 6.89. The van der Waals surface area contributed by atoms with Crippen LogP contribution in [0.3, 0.4) is 0 Å². The van der Waals surface area contributed by atoms with Gasteiger partial charge in [0.05, 0.1) is 18.3 Å². The molecule has 0 saturated heterocycles. The highest BCUT2D eigenvalue weighted by Gasteiger charge is 2.03. The van der Waals surface area contributed by atoms with Gasteiger partial charge in [0.15, 0.2) is 0 Å². The Morgan fingerprint density at radius 2 is 2.46 bits per heavy atom. The van der Waals surface area contributed by atoms with E-state index in [1.54, 1.807) is 11.8 Å². The van der Waals surface area contributed by atoms with E-state index in [-0.39, 0.29) is 6.10 Å². The van der Waals surface area contributed by atoms with Crippen LogP contribution in [0.4, 0.5) is 0 Å². The first-order chi connectivity index (χ1) is 6.26. The van der Waals surface area contributed by atoms with Crippen LogP contribution in [-0.2, 0) is 17.7 Å². The Hall–Kier alpha value is -0.940. The molecule has 5 nitrogen and oxygen atoms in total. The first-order valence-electron chi connectivity index (χ1n) is 4.38. The number of hydrogen-bond acceptors (Lipinski definition) is 4. The number of aromatic nitrogens is 3. The van der Waals surface area contributed by atoms with Crippen LogP contribution in [0, 0.1) is 0 Å². The number of rotatable bonds is 5. The summed E-state index contributed by atoms with van der Waals surface area (Å²) in [4.78, 5) is 0. The average Bonchev–Trinajstić information content (AvgIpc) is 2.53. The van der Waals surface area contributed by atoms with Gasteiger partial charge in [0.25, 0.3) is 0 Å². The van der Waals surface area contributed by atoms with Crippen molar-refractivity contribution in [1.82, 2.24) is 15.0 Å². The quantitative estimate of drug-likeness (QED) is 0.689. The molecule has 0 aliphatic rings. The van der Waals surface area contributed by atoms with Gasteiger partial charge in [-0.25, -0.2) is 4.68 Å². The summed E-state index contributed by atoms with van der Waals surface area (Å²) in [6.45, 7) is 3.33. The lowest BCUT2D eigenvalue weighted by atomic mass is 10.3. The summed E-state index contributed by atoms with van der Waals surface area (Å²) in [6.07, 6.45) is 2.84. The summed E-state index contributed by atoms with van der Waals surface area (Å²) in [7, 11) is 1.68. The maximum atomic E-state index is 5.40. The first-order valence-corrected chi connectivity index (χ1v) is 4.38. The lowest BCUT2D eigenvalue weighted by Crippen LogP contribution is -2.15. The number of nitrogens with two attached hydrogens (primary N) is 1. The van der Waals surface area contributed by atoms with Gasteiger partial charge in [-0.15, -0.1) is 5.10 Å². The van der Waals surface area contributed by atoms with E-state index >= 15 is 0 Å². The van der Waals surface area contributed by atoms with E-state index in [1.165, 1.54) is 0 Å². The van der Waals surface area contributed by atoms with Gasteiger partial charge in [-0.1, -0.05) is 5.21 Å². The average molecular weight is 184 g/mol. The molecule has 0 saturated carbocycles. The molecule has 0 amide bonds. The molecule has 74 valence electrons. The second kappa shape index (κ2) is 4.94. The second-order valence-corrected chi connectivity index (χ2v) is 3.02. The maximum Gasteiger partial charge on any atom is 0.0839 e. The third-order valence-corrected chi connectivity index (χ3v) is 1.83. The fourth-order valence-corrected chi connectivity index (χ4v) is 1.03. The van der Waals surface area contributed by atoms with E-state index < -0.39 is 0 Å². The third-order valence-electron chi connectivity index (χ3n) is 1.83. The van der Waals surface area contributed by atoms with E-state index in [1.807, 2.05) is 13.1 Å². The summed E-state index contributed by atoms with van der Waals surface area (Å²) in [5.74, 6) is 0. The van der Waals surface area contributed by atoms with Crippen LogP contribution >= 0.6 is 0 Å². The molecule has 1 aromatic rings. The highest BCUT2D eigenvalue weighted by atomic mass is 16.5. The lowest BCUT2D eigenvalue weighted by Gasteiger charge is -2.07. The fourth-order valence-electron chi connectivity index (χ4n) is 1.03. The molecule has 1 rings (SSSR count). The molecule has 13 heavy (non-hydrogen) atoms. The molecule has 0 aliphatic heterocycles. The zero-order valence-corrected chi connectivity index (χ0v) is 8.10. The lowest BCUT2D eigenvalue weighted by molar-refractivity contribution is 0.0993. The van der Waals surface area contributed by atoms with Crippen molar-refractivity contribution < 1.29 is 4.74 Å². The van der Waals surface area contributed by atoms with Crippen molar-refractivity contribution in [2.45, 2.75) is 26.0 Å². The van der Waals surface area contributed by atoms with Gasteiger partial charge in [-0.2, -0.15) is 0 Å². The Labute approximate surface area is 77.9 Å². The fraction of sp³-hybridized carbons (Fsp3) is 0.750. The Morgan fingerprint density at radius 1 is 1.69 bits per heavy atom. The van der Waals surface area contributed by atoms with E-state index in [4.69, 9.17) is 10.5 Å². The molecule has 0 radical (unpaired) electrons. The SMILES string of the molecule is COC(C)Cn1cc(CCN)nn1. The molecule has 0 aromatic carbocycles.